The van der Waals surface area contributed by atoms with Gasteiger partial charge in [0.25, 0.3) is 5.91 Å². The van der Waals surface area contributed by atoms with E-state index >= 15 is 0 Å². The monoisotopic (exact) mass is 593 g/mol. The number of hydrogen-bond acceptors (Lipinski definition) is 5. The highest BCUT2D eigenvalue weighted by Crippen LogP contribution is 2.27. The Hall–Kier alpha value is -4.63. The average Bonchev–Trinajstić information content (AvgIpc) is 2.85. The predicted octanol–water partition coefficient (Wildman–Crippen LogP) is 5.14. The van der Waals surface area contributed by atoms with Crippen LogP contribution in [0.5, 0.6) is 5.75 Å². The normalized spacial score (nSPS) is 12.6. The quantitative estimate of drug-likeness (QED) is 0.252. The summed E-state index contributed by atoms with van der Waals surface area (Å²) in [6.07, 6.45) is -8.86. The van der Waals surface area contributed by atoms with Crippen LogP contribution < -0.4 is 15.4 Å². The zero-order valence-electron chi connectivity index (χ0n) is 20.9. The molecule has 0 bridgehead atoms. The Labute approximate surface area is 226 Å². The maximum atomic E-state index is 13.9. The highest BCUT2D eigenvalue weighted by Gasteiger charge is 2.38. The lowest BCUT2D eigenvalue weighted by Crippen LogP contribution is -2.54. The van der Waals surface area contributed by atoms with Crippen molar-refractivity contribution in [3.05, 3.63) is 71.4 Å². The van der Waals surface area contributed by atoms with Crippen LogP contribution in [0, 0.1) is 11.6 Å². The Bertz CT molecular complexity index is 1380. The summed E-state index contributed by atoms with van der Waals surface area (Å²) in [5.74, 6) is -4.78. The highest BCUT2D eigenvalue weighted by atomic mass is 19.4. The largest absolute Gasteiger partial charge is 0.490 e. The van der Waals surface area contributed by atoms with Crippen molar-refractivity contribution in [1.29, 1.82) is 0 Å². The predicted molar refractivity (Wildman–Crippen MR) is 129 cm³/mol. The van der Waals surface area contributed by atoms with Gasteiger partial charge in [0, 0.05) is 24.5 Å². The first-order chi connectivity index (χ1) is 19.0. The van der Waals surface area contributed by atoms with Crippen molar-refractivity contribution in [3.8, 4) is 5.75 Å². The van der Waals surface area contributed by atoms with E-state index in [1.165, 1.54) is 31.3 Å². The number of alkyl halides is 5. The molecule has 0 saturated heterocycles. The van der Waals surface area contributed by atoms with Gasteiger partial charge in [-0.05, 0) is 31.2 Å². The number of para-hydroxylation sites is 1. The number of pyridine rings is 1. The Balaban J connectivity index is 0.000000745. The van der Waals surface area contributed by atoms with Gasteiger partial charge < -0.3 is 25.6 Å². The molecule has 0 radical (unpaired) electrons. The van der Waals surface area contributed by atoms with Crippen molar-refractivity contribution in [2.75, 3.05) is 6.54 Å². The van der Waals surface area contributed by atoms with Crippen LogP contribution in [0.25, 0.3) is 10.9 Å². The first kappa shape index (κ1) is 32.6. The lowest BCUT2D eigenvalue weighted by atomic mass is 9.97. The SMILES string of the molecule is CC(CNC(=O)c1ccnc2c(OCc3c(F)cccc3F)cccc12)(CC(F)F)NC(=O)O.O=C(O)C(F)(F)F. The van der Waals surface area contributed by atoms with E-state index in [1.807, 2.05) is 5.32 Å². The lowest BCUT2D eigenvalue weighted by Gasteiger charge is -2.29. The second-order valence-electron chi connectivity index (χ2n) is 8.57. The Kier molecular flexibility index (Phi) is 10.8. The number of hydrogen-bond donors (Lipinski definition) is 4. The van der Waals surface area contributed by atoms with Crippen molar-refractivity contribution in [1.82, 2.24) is 15.6 Å². The number of carboxylic acid groups (broad SMARTS) is 2. The average molecular weight is 593 g/mol. The molecule has 16 heteroatoms. The number of halogens is 7. The molecule has 0 spiro atoms. The Morgan fingerprint density at radius 1 is 1.00 bits per heavy atom. The number of aliphatic carboxylic acids is 1. The fourth-order valence-corrected chi connectivity index (χ4v) is 3.42. The first-order valence-electron chi connectivity index (χ1n) is 11.3. The van der Waals surface area contributed by atoms with Crippen LogP contribution in [0.1, 0.15) is 29.3 Å². The van der Waals surface area contributed by atoms with Crippen LogP contribution in [-0.4, -0.2) is 57.9 Å². The molecule has 0 aliphatic carbocycles. The smallest absolute Gasteiger partial charge is 0.486 e. The summed E-state index contributed by atoms with van der Waals surface area (Å²) >= 11 is 0. The number of benzene rings is 2. The van der Waals surface area contributed by atoms with Gasteiger partial charge in [0.1, 0.15) is 29.5 Å². The molecule has 0 fully saturated rings. The molecule has 3 rings (SSSR count). The number of amides is 2. The Morgan fingerprint density at radius 2 is 1.59 bits per heavy atom. The molecule has 0 saturated carbocycles. The van der Waals surface area contributed by atoms with Gasteiger partial charge in [-0.1, -0.05) is 18.2 Å². The number of ether oxygens (including phenoxy) is 1. The van der Waals surface area contributed by atoms with Gasteiger partial charge in [0.15, 0.2) is 0 Å². The zero-order chi connectivity index (χ0) is 31.0. The van der Waals surface area contributed by atoms with Crippen LogP contribution in [0.3, 0.4) is 0 Å². The summed E-state index contributed by atoms with van der Waals surface area (Å²) in [6, 6.07) is 9.48. The number of carbonyl (C=O) groups is 3. The fourth-order valence-electron chi connectivity index (χ4n) is 3.42. The van der Waals surface area contributed by atoms with Crippen molar-refractivity contribution >= 4 is 28.9 Å². The molecule has 3 aromatic rings. The summed E-state index contributed by atoms with van der Waals surface area (Å²) < 4.78 is 90.9. The van der Waals surface area contributed by atoms with Crippen LogP contribution in [-0.2, 0) is 11.4 Å². The van der Waals surface area contributed by atoms with Gasteiger partial charge in [-0.25, -0.2) is 27.2 Å². The molecule has 0 aliphatic heterocycles. The number of fused-ring (bicyclic) bond motifs is 1. The topological polar surface area (TPSA) is 138 Å². The third kappa shape index (κ3) is 9.51. The standard InChI is InChI=1S/C23H21F4N3O4.C2HF3O2/c1-23(10-19(26)27,30-22(32)33)12-29-21(31)14-8-9-28-20-13(14)4-2-7-18(20)34-11-15-16(24)5-3-6-17(15)25;3-2(4,5)1(6)7/h2-9,19,30H,10-12H2,1H3,(H,29,31)(H,32,33);(H,6,7). The van der Waals surface area contributed by atoms with E-state index in [0.717, 1.165) is 12.1 Å². The number of carbonyl (C=O) groups excluding carboxylic acids is 1. The molecule has 1 heterocycles. The fraction of sp³-hybridized carbons (Fsp3) is 0.280. The van der Waals surface area contributed by atoms with E-state index in [-0.39, 0.29) is 22.4 Å². The van der Waals surface area contributed by atoms with E-state index in [2.05, 4.69) is 10.3 Å². The molecule has 1 aromatic heterocycles. The van der Waals surface area contributed by atoms with Gasteiger partial charge >= 0.3 is 18.2 Å². The van der Waals surface area contributed by atoms with E-state index in [1.54, 1.807) is 12.1 Å². The van der Waals surface area contributed by atoms with Crippen molar-refractivity contribution in [3.63, 3.8) is 0 Å². The van der Waals surface area contributed by atoms with E-state index in [0.29, 0.717) is 5.39 Å². The van der Waals surface area contributed by atoms with Gasteiger partial charge in [-0.3, -0.25) is 9.78 Å². The van der Waals surface area contributed by atoms with Crippen molar-refractivity contribution < 1.29 is 60.1 Å². The van der Waals surface area contributed by atoms with Crippen LogP contribution in [0.15, 0.2) is 48.7 Å². The van der Waals surface area contributed by atoms with E-state index in [9.17, 15) is 40.3 Å². The van der Waals surface area contributed by atoms with Crippen LogP contribution >= 0.6 is 0 Å². The third-order valence-electron chi connectivity index (χ3n) is 5.31. The molecule has 1 atom stereocenters. The van der Waals surface area contributed by atoms with Crippen LogP contribution in [0.4, 0.5) is 35.5 Å². The maximum absolute atomic E-state index is 13.9. The minimum atomic E-state index is -5.08. The summed E-state index contributed by atoms with van der Waals surface area (Å²) in [7, 11) is 0. The molecule has 0 aliphatic rings. The first-order valence-corrected chi connectivity index (χ1v) is 11.3. The van der Waals surface area contributed by atoms with Crippen molar-refractivity contribution in [2.24, 2.45) is 0 Å². The molecule has 222 valence electrons. The number of aromatic nitrogens is 1. The molecule has 4 N–H and O–H groups in total. The van der Waals surface area contributed by atoms with Crippen LogP contribution in [0.2, 0.25) is 0 Å². The molecule has 2 amide bonds. The van der Waals surface area contributed by atoms with E-state index < -0.39 is 67.3 Å². The lowest BCUT2D eigenvalue weighted by molar-refractivity contribution is -0.192. The summed E-state index contributed by atoms with van der Waals surface area (Å²) in [5, 5.41) is 20.9. The Morgan fingerprint density at radius 3 is 2.12 bits per heavy atom. The number of carboxylic acids is 1. The van der Waals surface area contributed by atoms with Gasteiger partial charge in [-0.2, -0.15) is 13.2 Å². The van der Waals surface area contributed by atoms with Gasteiger partial charge in [0.2, 0.25) is 6.43 Å². The molecular weight excluding hydrogens is 571 g/mol. The summed E-state index contributed by atoms with van der Waals surface area (Å²) in [6.45, 7) is 0.448. The number of nitrogens with one attached hydrogen (secondary N) is 2. The molecule has 9 nitrogen and oxygen atoms in total. The second kappa shape index (κ2) is 13.6. The highest BCUT2D eigenvalue weighted by molar-refractivity contribution is 6.07. The molecule has 2 aromatic carbocycles. The second-order valence-corrected chi connectivity index (χ2v) is 8.57. The molecule has 41 heavy (non-hydrogen) atoms. The number of rotatable bonds is 9. The van der Waals surface area contributed by atoms with Crippen molar-refractivity contribution in [2.45, 2.75) is 38.1 Å². The minimum Gasteiger partial charge on any atom is -0.486 e. The summed E-state index contributed by atoms with van der Waals surface area (Å²) in [5.41, 5.74) is -1.50. The molecule has 1 unspecified atom stereocenters. The third-order valence-corrected chi connectivity index (χ3v) is 5.31. The van der Waals surface area contributed by atoms with Gasteiger partial charge in [-0.15, -0.1) is 0 Å². The zero-order valence-corrected chi connectivity index (χ0v) is 20.9. The maximum Gasteiger partial charge on any atom is 0.490 e. The minimum absolute atomic E-state index is 0.127. The molecular formula is C25H22F7N3O6. The number of nitrogens with zero attached hydrogens (tertiary/aromatic N) is 1. The van der Waals surface area contributed by atoms with E-state index in [4.69, 9.17) is 19.7 Å². The summed E-state index contributed by atoms with van der Waals surface area (Å²) in [4.78, 5) is 36.9. The van der Waals surface area contributed by atoms with Gasteiger partial charge in [0.05, 0.1) is 16.7 Å².